The monoisotopic (exact) mass is 477 g/mol. The first-order chi connectivity index (χ1) is 12.7. The SMILES string of the molecule is CN=C(NCc1cccc(-c2ccccn2)c1)NCc1c(C)noc1C.I. The Hall–Kier alpha value is -2.42. The van der Waals surface area contributed by atoms with E-state index in [0.29, 0.717) is 13.1 Å². The van der Waals surface area contributed by atoms with Crippen molar-refractivity contribution in [3.05, 3.63) is 71.2 Å². The van der Waals surface area contributed by atoms with Crippen molar-refractivity contribution in [1.82, 2.24) is 20.8 Å². The number of guanidine groups is 1. The van der Waals surface area contributed by atoms with Crippen LogP contribution in [0.5, 0.6) is 0 Å². The Morgan fingerprint density at radius 2 is 1.89 bits per heavy atom. The smallest absolute Gasteiger partial charge is 0.191 e. The number of nitrogens with zero attached hydrogens (tertiary/aromatic N) is 3. The molecule has 2 aromatic heterocycles. The van der Waals surface area contributed by atoms with Crippen molar-refractivity contribution in [1.29, 1.82) is 0 Å². The molecule has 6 nitrogen and oxygen atoms in total. The second-order valence-electron chi connectivity index (χ2n) is 6.00. The largest absolute Gasteiger partial charge is 0.361 e. The number of hydrogen-bond acceptors (Lipinski definition) is 4. The molecule has 0 unspecified atom stereocenters. The van der Waals surface area contributed by atoms with Gasteiger partial charge in [0, 0.05) is 37.5 Å². The Morgan fingerprint density at radius 3 is 2.56 bits per heavy atom. The Labute approximate surface area is 176 Å². The lowest BCUT2D eigenvalue weighted by Crippen LogP contribution is -2.36. The van der Waals surface area contributed by atoms with Gasteiger partial charge in [0.2, 0.25) is 0 Å². The van der Waals surface area contributed by atoms with E-state index >= 15 is 0 Å². The van der Waals surface area contributed by atoms with Crippen molar-refractivity contribution in [2.45, 2.75) is 26.9 Å². The highest BCUT2D eigenvalue weighted by molar-refractivity contribution is 14.0. The number of rotatable bonds is 5. The molecule has 0 fully saturated rings. The summed E-state index contributed by atoms with van der Waals surface area (Å²) in [5.74, 6) is 1.56. The Kier molecular flexibility index (Phi) is 7.78. The van der Waals surface area contributed by atoms with Crippen LogP contribution in [0.25, 0.3) is 11.3 Å². The van der Waals surface area contributed by atoms with Crippen LogP contribution in [0.2, 0.25) is 0 Å². The maximum atomic E-state index is 5.19. The third kappa shape index (κ3) is 5.53. The first kappa shape index (κ1) is 20.9. The second-order valence-corrected chi connectivity index (χ2v) is 6.00. The average Bonchev–Trinajstić information content (AvgIpc) is 3.01. The van der Waals surface area contributed by atoms with Crippen LogP contribution in [0.4, 0.5) is 0 Å². The van der Waals surface area contributed by atoms with Gasteiger partial charge in [-0.1, -0.05) is 29.4 Å². The molecule has 0 atom stereocenters. The van der Waals surface area contributed by atoms with Gasteiger partial charge in [-0.05, 0) is 37.6 Å². The number of aromatic nitrogens is 2. The molecule has 2 heterocycles. The molecule has 0 amide bonds. The first-order valence-corrected chi connectivity index (χ1v) is 8.54. The van der Waals surface area contributed by atoms with Gasteiger partial charge in [-0.2, -0.15) is 0 Å². The highest BCUT2D eigenvalue weighted by Gasteiger charge is 2.09. The van der Waals surface area contributed by atoms with E-state index in [4.69, 9.17) is 4.52 Å². The molecule has 0 aliphatic rings. The van der Waals surface area contributed by atoms with Gasteiger partial charge >= 0.3 is 0 Å². The van der Waals surface area contributed by atoms with Crippen molar-refractivity contribution < 1.29 is 4.52 Å². The van der Waals surface area contributed by atoms with Gasteiger partial charge in [-0.25, -0.2) is 0 Å². The van der Waals surface area contributed by atoms with Crippen LogP contribution in [0.1, 0.15) is 22.6 Å². The summed E-state index contributed by atoms with van der Waals surface area (Å²) in [5, 5.41) is 10.6. The fourth-order valence-electron chi connectivity index (χ4n) is 2.71. The summed E-state index contributed by atoms with van der Waals surface area (Å²) in [7, 11) is 1.76. The summed E-state index contributed by atoms with van der Waals surface area (Å²) in [4.78, 5) is 8.68. The normalized spacial score (nSPS) is 11.0. The lowest BCUT2D eigenvalue weighted by molar-refractivity contribution is 0.392. The molecule has 7 heteroatoms. The molecule has 1 aromatic carbocycles. The van der Waals surface area contributed by atoms with Gasteiger partial charge in [0.25, 0.3) is 0 Å². The summed E-state index contributed by atoms with van der Waals surface area (Å²) in [6.07, 6.45) is 1.81. The van der Waals surface area contributed by atoms with Gasteiger partial charge < -0.3 is 15.2 Å². The van der Waals surface area contributed by atoms with Crippen LogP contribution in [-0.4, -0.2) is 23.1 Å². The summed E-state index contributed by atoms with van der Waals surface area (Å²) in [6.45, 7) is 5.14. The summed E-state index contributed by atoms with van der Waals surface area (Å²) >= 11 is 0. The van der Waals surface area contributed by atoms with Crippen molar-refractivity contribution in [2.75, 3.05) is 7.05 Å². The van der Waals surface area contributed by atoms with E-state index in [1.54, 1.807) is 13.2 Å². The molecule has 0 saturated heterocycles. The zero-order valence-corrected chi connectivity index (χ0v) is 18.0. The Bertz CT molecular complexity index is 873. The third-order valence-electron chi connectivity index (χ3n) is 4.19. The molecule has 0 spiro atoms. The molecule has 2 N–H and O–H groups in total. The van der Waals surface area contributed by atoms with Gasteiger partial charge in [-0.15, -0.1) is 24.0 Å². The number of pyridine rings is 1. The highest BCUT2D eigenvalue weighted by Crippen LogP contribution is 2.17. The zero-order chi connectivity index (χ0) is 18.4. The number of aliphatic imine (C=N–C) groups is 1. The van der Waals surface area contributed by atoms with Gasteiger partial charge in [0.15, 0.2) is 5.96 Å². The Morgan fingerprint density at radius 1 is 1.07 bits per heavy atom. The quantitative estimate of drug-likeness (QED) is 0.332. The molecular weight excluding hydrogens is 453 g/mol. The van der Waals surface area contributed by atoms with Crippen molar-refractivity contribution >= 4 is 29.9 Å². The molecule has 142 valence electrons. The minimum atomic E-state index is 0. The predicted octanol–water partition coefficient (Wildman–Crippen LogP) is 3.84. The van der Waals surface area contributed by atoms with Crippen molar-refractivity contribution in [3.63, 3.8) is 0 Å². The fraction of sp³-hybridized carbons (Fsp3) is 0.250. The maximum Gasteiger partial charge on any atom is 0.191 e. The number of aryl methyl sites for hydroxylation is 2. The standard InChI is InChI=1S/C20H23N5O.HI/c1-14-18(15(2)26-25-14)13-24-20(21-3)23-12-16-7-6-8-17(11-16)19-9-4-5-10-22-19;/h4-11H,12-13H2,1-3H3,(H2,21,23,24);1H. The molecule has 0 aliphatic carbocycles. The summed E-state index contributed by atoms with van der Waals surface area (Å²) in [6, 6.07) is 14.3. The van der Waals surface area contributed by atoms with Crippen LogP contribution in [0.3, 0.4) is 0 Å². The Balaban J connectivity index is 0.00000261. The van der Waals surface area contributed by atoms with E-state index in [1.165, 1.54) is 0 Å². The minimum Gasteiger partial charge on any atom is -0.361 e. The van der Waals surface area contributed by atoms with E-state index in [0.717, 1.165) is 39.8 Å². The van der Waals surface area contributed by atoms with Crippen LogP contribution in [-0.2, 0) is 13.1 Å². The molecule has 3 rings (SSSR count). The topological polar surface area (TPSA) is 75.3 Å². The molecule has 27 heavy (non-hydrogen) atoms. The number of benzene rings is 1. The van der Waals surface area contributed by atoms with Crippen LogP contribution < -0.4 is 10.6 Å². The first-order valence-electron chi connectivity index (χ1n) is 8.54. The van der Waals surface area contributed by atoms with E-state index in [1.807, 2.05) is 38.1 Å². The number of halogens is 1. The number of hydrogen-bond donors (Lipinski definition) is 2. The van der Waals surface area contributed by atoms with Crippen molar-refractivity contribution in [2.24, 2.45) is 4.99 Å². The fourth-order valence-corrected chi connectivity index (χ4v) is 2.71. The lowest BCUT2D eigenvalue weighted by Gasteiger charge is -2.12. The third-order valence-corrected chi connectivity index (χ3v) is 4.19. The average molecular weight is 477 g/mol. The minimum absolute atomic E-state index is 0. The second kappa shape index (κ2) is 10.1. The van der Waals surface area contributed by atoms with E-state index in [2.05, 4.69) is 44.0 Å². The summed E-state index contributed by atoms with van der Waals surface area (Å²) in [5.41, 5.74) is 5.19. The summed E-state index contributed by atoms with van der Waals surface area (Å²) < 4.78 is 5.19. The molecule has 0 aliphatic heterocycles. The number of nitrogens with one attached hydrogen (secondary N) is 2. The van der Waals surface area contributed by atoms with E-state index in [9.17, 15) is 0 Å². The predicted molar refractivity (Wildman–Crippen MR) is 118 cm³/mol. The molecule has 0 saturated carbocycles. The van der Waals surface area contributed by atoms with Crippen molar-refractivity contribution in [3.8, 4) is 11.3 Å². The van der Waals surface area contributed by atoms with Gasteiger partial charge in [0.1, 0.15) is 5.76 Å². The van der Waals surface area contributed by atoms with Gasteiger partial charge in [0.05, 0.1) is 11.4 Å². The van der Waals surface area contributed by atoms with E-state index in [-0.39, 0.29) is 24.0 Å². The molecule has 3 aromatic rings. The molecular formula is C20H24IN5O. The van der Waals surface area contributed by atoms with Crippen LogP contribution >= 0.6 is 24.0 Å². The lowest BCUT2D eigenvalue weighted by atomic mass is 10.1. The van der Waals surface area contributed by atoms with Crippen LogP contribution in [0, 0.1) is 13.8 Å². The van der Waals surface area contributed by atoms with E-state index < -0.39 is 0 Å². The molecule has 0 radical (unpaired) electrons. The van der Waals surface area contributed by atoms with Crippen LogP contribution in [0.15, 0.2) is 58.2 Å². The maximum absolute atomic E-state index is 5.19. The highest BCUT2D eigenvalue weighted by atomic mass is 127. The zero-order valence-electron chi connectivity index (χ0n) is 15.7. The van der Waals surface area contributed by atoms with Gasteiger partial charge in [-0.3, -0.25) is 9.98 Å². The molecule has 0 bridgehead atoms.